The van der Waals surface area contributed by atoms with E-state index in [2.05, 4.69) is 10.0 Å². The van der Waals surface area contributed by atoms with Crippen LogP contribution < -0.4 is 15.8 Å². The zero-order chi connectivity index (χ0) is 15.5. The molecule has 0 spiro atoms. The van der Waals surface area contributed by atoms with Gasteiger partial charge in [-0.15, -0.1) is 0 Å². The lowest BCUT2D eigenvalue weighted by molar-refractivity contribution is 0.584. The van der Waals surface area contributed by atoms with Crippen molar-refractivity contribution in [1.29, 1.82) is 0 Å². The molecule has 0 saturated carbocycles. The van der Waals surface area contributed by atoms with E-state index in [0.717, 1.165) is 5.56 Å². The van der Waals surface area contributed by atoms with Crippen molar-refractivity contribution < 1.29 is 8.42 Å². The van der Waals surface area contributed by atoms with Gasteiger partial charge in [-0.3, -0.25) is 0 Å². The third-order valence-electron chi connectivity index (χ3n) is 3.08. The van der Waals surface area contributed by atoms with E-state index in [1.165, 1.54) is 6.07 Å². The van der Waals surface area contributed by atoms with Gasteiger partial charge in [0.1, 0.15) is 0 Å². The summed E-state index contributed by atoms with van der Waals surface area (Å²) in [6, 6.07) is 6.75. The van der Waals surface area contributed by atoms with Crippen LogP contribution in [0.25, 0.3) is 0 Å². The summed E-state index contributed by atoms with van der Waals surface area (Å²) in [7, 11) is -3.48. The van der Waals surface area contributed by atoms with Gasteiger partial charge < -0.3 is 11.1 Å². The number of benzene rings is 1. The summed E-state index contributed by atoms with van der Waals surface area (Å²) in [6.45, 7) is 4.10. The first kappa shape index (κ1) is 15.8. The van der Waals surface area contributed by atoms with Crippen LogP contribution in [-0.2, 0) is 10.0 Å². The number of rotatable bonds is 6. The summed E-state index contributed by atoms with van der Waals surface area (Å²) in [4.78, 5) is 0.207. The molecule has 5 nitrogen and oxygen atoms in total. The first-order valence-electron chi connectivity index (χ1n) is 6.62. The summed E-state index contributed by atoms with van der Waals surface area (Å²) < 4.78 is 26.5. The number of nitrogen functional groups attached to an aromatic ring is 1. The van der Waals surface area contributed by atoms with Crippen LogP contribution in [0.15, 0.2) is 39.9 Å². The van der Waals surface area contributed by atoms with Gasteiger partial charge in [-0.1, -0.05) is 6.92 Å². The third-order valence-corrected chi connectivity index (χ3v) is 5.33. The minimum atomic E-state index is -3.48. The van der Waals surface area contributed by atoms with Crippen LogP contribution in [0.1, 0.15) is 25.5 Å². The molecule has 0 saturated heterocycles. The third kappa shape index (κ3) is 3.75. The number of anilines is 2. The van der Waals surface area contributed by atoms with E-state index in [0.29, 0.717) is 17.9 Å². The zero-order valence-corrected chi connectivity index (χ0v) is 13.6. The van der Waals surface area contributed by atoms with Crippen molar-refractivity contribution in [2.45, 2.75) is 24.8 Å². The molecule has 1 unspecified atom stereocenters. The lowest BCUT2D eigenvalue weighted by Crippen LogP contribution is -2.23. The molecule has 0 fully saturated rings. The molecule has 0 aliphatic rings. The SMILES string of the molecule is CCNS(=O)(=O)c1ccc(N)c(NC(C)c2ccsc2)c1. The second-order valence-electron chi connectivity index (χ2n) is 4.67. The molecule has 2 aromatic rings. The molecule has 7 heteroatoms. The molecule has 0 bridgehead atoms. The molecule has 114 valence electrons. The maximum atomic E-state index is 12.0. The average molecular weight is 325 g/mol. The highest BCUT2D eigenvalue weighted by Crippen LogP contribution is 2.27. The Morgan fingerprint density at radius 1 is 1.33 bits per heavy atom. The van der Waals surface area contributed by atoms with E-state index in [1.807, 2.05) is 23.8 Å². The second kappa shape index (κ2) is 6.46. The molecule has 0 radical (unpaired) electrons. The number of sulfonamides is 1. The van der Waals surface area contributed by atoms with Gasteiger partial charge >= 0.3 is 0 Å². The fourth-order valence-electron chi connectivity index (χ4n) is 1.94. The molecule has 1 heterocycles. The predicted octanol–water partition coefficient (Wildman–Crippen LogP) is 2.80. The Hall–Kier alpha value is -1.57. The van der Waals surface area contributed by atoms with E-state index in [9.17, 15) is 8.42 Å². The van der Waals surface area contributed by atoms with Crippen LogP contribution in [0.3, 0.4) is 0 Å². The number of hydrogen-bond donors (Lipinski definition) is 3. The van der Waals surface area contributed by atoms with Crippen molar-refractivity contribution in [3.8, 4) is 0 Å². The van der Waals surface area contributed by atoms with Crippen molar-refractivity contribution >= 4 is 32.7 Å². The van der Waals surface area contributed by atoms with Crippen LogP contribution in [0.5, 0.6) is 0 Å². The lowest BCUT2D eigenvalue weighted by Gasteiger charge is -2.17. The standard InChI is InChI=1S/C14H19N3O2S2/c1-3-16-21(18,19)12-4-5-13(15)14(8-12)17-10(2)11-6-7-20-9-11/h4-10,16-17H,3,15H2,1-2H3. The summed E-state index contributed by atoms with van der Waals surface area (Å²) in [5.41, 5.74) is 8.21. The van der Waals surface area contributed by atoms with Gasteiger partial charge in [0.15, 0.2) is 0 Å². The van der Waals surface area contributed by atoms with Gasteiger partial charge in [-0.05, 0) is 47.5 Å². The van der Waals surface area contributed by atoms with Crippen LogP contribution in [0.2, 0.25) is 0 Å². The molecule has 0 aliphatic carbocycles. The Labute approximate surface area is 129 Å². The van der Waals surface area contributed by atoms with E-state index >= 15 is 0 Å². The molecule has 21 heavy (non-hydrogen) atoms. The van der Waals surface area contributed by atoms with Crippen molar-refractivity contribution in [2.75, 3.05) is 17.6 Å². The summed E-state index contributed by atoms with van der Waals surface area (Å²) in [5.74, 6) is 0. The first-order valence-corrected chi connectivity index (χ1v) is 9.04. The topological polar surface area (TPSA) is 84.2 Å². The summed E-state index contributed by atoms with van der Waals surface area (Å²) >= 11 is 1.62. The van der Waals surface area contributed by atoms with Crippen LogP contribution >= 0.6 is 11.3 Å². The monoisotopic (exact) mass is 325 g/mol. The maximum Gasteiger partial charge on any atom is 0.240 e. The second-order valence-corrected chi connectivity index (χ2v) is 7.22. The zero-order valence-electron chi connectivity index (χ0n) is 12.0. The van der Waals surface area contributed by atoms with Crippen LogP contribution in [0.4, 0.5) is 11.4 Å². The van der Waals surface area contributed by atoms with Gasteiger partial charge in [-0.25, -0.2) is 13.1 Å². The molecule has 1 atom stereocenters. The molecular formula is C14H19N3O2S2. The van der Waals surface area contributed by atoms with E-state index < -0.39 is 10.0 Å². The largest absolute Gasteiger partial charge is 0.397 e. The Morgan fingerprint density at radius 2 is 2.10 bits per heavy atom. The van der Waals surface area contributed by atoms with Gasteiger partial charge in [0.05, 0.1) is 16.3 Å². The van der Waals surface area contributed by atoms with E-state index in [-0.39, 0.29) is 10.9 Å². The lowest BCUT2D eigenvalue weighted by atomic mass is 10.1. The molecule has 0 aliphatic heterocycles. The van der Waals surface area contributed by atoms with Crippen molar-refractivity contribution in [1.82, 2.24) is 4.72 Å². The van der Waals surface area contributed by atoms with E-state index in [1.54, 1.807) is 30.4 Å². The summed E-state index contributed by atoms with van der Waals surface area (Å²) in [6.07, 6.45) is 0. The minimum Gasteiger partial charge on any atom is -0.397 e. The highest BCUT2D eigenvalue weighted by molar-refractivity contribution is 7.89. The minimum absolute atomic E-state index is 0.0515. The molecule has 4 N–H and O–H groups in total. The van der Waals surface area contributed by atoms with Gasteiger partial charge in [0.25, 0.3) is 0 Å². The van der Waals surface area contributed by atoms with Crippen LogP contribution in [0, 0.1) is 0 Å². The first-order chi connectivity index (χ1) is 9.94. The van der Waals surface area contributed by atoms with Crippen molar-refractivity contribution in [2.24, 2.45) is 0 Å². The number of nitrogens with one attached hydrogen (secondary N) is 2. The highest BCUT2D eigenvalue weighted by atomic mass is 32.2. The highest BCUT2D eigenvalue weighted by Gasteiger charge is 2.15. The molecule has 1 aromatic heterocycles. The molecule has 1 aromatic carbocycles. The number of hydrogen-bond acceptors (Lipinski definition) is 5. The van der Waals surface area contributed by atoms with Crippen molar-refractivity contribution in [3.63, 3.8) is 0 Å². The Bertz CT molecular complexity index is 697. The predicted molar refractivity (Wildman–Crippen MR) is 88.1 cm³/mol. The van der Waals surface area contributed by atoms with Gasteiger partial charge in [0.2, 0.25) is 10.0 Å². The van der Waals surface area contributed by atoms with Gasteiger partial charge in [0, 0.05) is 12.6 Å². The van der Waals surface area contributed by atoms with Gasteiger partial charge in [-0.2, -0.15) is 11.3 Å². The smallest absolute Gasteiger partial charge is 0.240 e. The number of thiophene rings is 1. The van der Waals surface area contributed by atoms with E-state index in [4.69, 9.17) is 5.73 Å². The molecular weight excluding hydrogens is 306 g/mol. The Kier molecular flexibility index (Phi) is 4.87. The Balaban J connectivity index is 2.28. The fourth-order valence-corrected chi connectivity index (χ4v) is 3.76. The quantitative estimate of drug-likeness (QED) is 0.713. The Morgan fingerprint density at radius 3 is 2.71 bits per heavy atom. The normalized spacial score (nSPS) is 13.0. The maximum absolute atomic E-state index is 12.0. The number of nitrogens with two attached hydrogens (primary N) is 1. The molecule has 0 amide bonds. The molecule has 2 rings (SSSR count). The van der Waals surface area contributed by atoms with Crippen molar-refractivity contribution in [3.05, 3.63) is 40.6 Å². The fraction of sp³-hybridized carbons (Fsp3) is 0.286. The van der Waals surface area contributed by atoms with Crippen LogP contribution in [-0.4, -0.2) is 15.0 Å². The average Bonchev–Trinajstić information content (AvgIpc) is 2.95. The summed E-state index contributed by atoms with van der Waals surface area (Å²) in [5, 5.41) is 7.31.